The van der Waals surface area contributed by atoms with E-state index in [1.807, 2.05) is 37.4 Å². The molecule has 0 N–H and O–H groups in total. The fraction of sp³-hybridized carbons (Fsp3) is 0.357. The number of hydrogen-bond acceptors (Lipinski definition) is 2. The molecule has 0 spiro atoms. The van der Waals surface area contributed by atoms with Crippen LogP contribution in [-0.4, -0.2) is 9.55 Å². The van der Waals surface area contributed by atoms with Crippen molar-refractivity contribution in [2.75, 3.05) is 0 Å². The van der Waals surface area contributed by atoms with Gasteiger partial charge < -0.3 is 9.30 Å². The van der Waals surface area contributed by atoms with E-state index in [9.17, 15) is 0 Å². The topological polar surface area (TPSA) is 27.1 Å². The molecule has 0 radical (unpaired) electrons. The van der Waals surface area contributed by atoms with Gasteiger partial charge in [-0.25, -0.2) is 4.98 Å². The molecule has 2 rings (SSSR count). The summed E-state index contributed by atoms with van der Waals surface area (Å²) in [5, 5.41) is 0. The third-order valence-electron chi connectivity index (χ3n) is 2.80. The Morgan fingerprint density at radius 3 is 2.72 bits per heavy atom. The van der Waals surface area contributed by atoms with Gasteiger partial charge in [-0.2, -0.15) is 0 Å². The Morgan fingerprint density at radius 2 is 2.06 bits per heavy atom. The van der Waals surface area contributed by atoms with Gasteiger partial charge in [0.05, 0.1) is 6.20 Å². The minimum atomic E-state index is 0.359. The maximum Gasteiger partial charge on any atom is 0.147 e. The van der Waals surface area contributed by atoms with Crippen LogP contribution in [0.2, 0.25) is 0 Å². The minimum absolute atomic E-state index is 0.359. The highest BCUT2D eigenvalue weighted by atomic mass is 79.9. The molecule has 0 unspecified atom stereocenters. The van der Waals surface area contributed by atoms with Crippen LogP contribution in [0.4, 0.5) is 0 Å². The smallest absolute Gasteiger partial charge is 0.147 e. The lowest BCUT2D eigenvalue weighted by Gasteiger charge is -2.14. The lowest BCUT2D eigenvalue weighted by molar-refractivity contribution is 0.284. The maximum absolute atomic E-state index is 5.82. The van der Waals surface area contributed by atoms with Crippen LogP contribution in [0.5, 0.6) is 5.75 Å². The van der Waals surface area contributed by atoms with Crippen LogP contribution < -0.4 is 4.74 Å². The van der Waals surface area contributed by atoms with Crippen LogP contribution in [0.15, 0.2) is 35.1 Å². The van der Waals surface area contributed by atoms with Crippen LogP contribution in [0.25, 0.3) is 0 Å². The average molecular weight is 309 g/mol. The van der Waals surface area contributed by atoms with Crippen molar-refractivity contribution in [2.45, 2.75) is 33.4 Å². The van der Waals surface area contributed by atoms with Gasteiger partial charge >= 0.3 is 0 Å². The molecule has 1 heterocycles. The van der Waals surface area contributed by atoms with E-state index in [0.717, 1.165) is 21.7 Å². The summed E-state index contributed by atoms with van der Waals surface area (Å²) >= 11 is 3.50. The lowest BCUT2D eigenvalue weighted by Crippen LogP contribution is -2.10. The van der Waals surface area contributed by atoms with Crippen LogP contribution in [0, 0.1) is 6.92 Å². The standard InChI is InChI=1S/C14H17BrN2O/c1-10(2)17-13(15)8-16-14(17)9-18-12-7-5-4-6-11(12)3/h4-8,10H,9H2,1-3H3. The molecule has 1 aromatic carbocycles. The zero-order chi connectivity index (χ0) is 13.1. The van der Waals surface area contributed by atoms with Crippen LogP contribution in [0.1, 0.15) is 31.3 Å². The molecular weight excluding hydrogens is 292 g/mol. The molecule has 1 aromatic heterocycles. The molecule has 2 aromatic rings. The minimum Gasteiger partial charge on any atom is -0.485 e. The van der Waals surface area contributed by atoms with Gasteiger partial charge in [-0.15, -0.1) is 0 Å². The summed E-state index contributed by atoms with van der Waals surface area (Å²) in [6.07, 6.45) is 1.82. The molecule has 0 aliphatic rings. The number of rotatable bonds is 4. The predicted octanol–water partition coefficient (Wildman–Crippen LogP) is 4.11. The highest BCUT2D eigenvalue weighted by Crippen LogP contribution is 2.21. The zero-order valence-electron chi connectivity index (χ0n) is 10.9. The number of benzene rings is 1. The number of aryl methyl sites for hydroxylation is 1. The quantitative estimate of drug-likeness (QED) is 0.849. The van der Waals surface area contributed by atoms with Crippen molar-refractivity contribution in [1.29, 1.82) is 0 Å². The van der Waals surface area contributed by atoms with Crippen molar-refractivity contribution < 1.29 is 4.74 Å². The number of aromatic nitrogens is 2. The van der Waals surface area contributed by atoms with Gasteiger partial charge in [0.15, 0.2) is 0 Å². The molecule has 0 amide bonds. The SMILES string of the molecule is Cc1ccccc1OCc1ncc(Br)n1C(C)C. The van der Waals surface area contributed by atoms with Crippen molar-refractivity contribution in [1.82, 2.24) is 9.55 Å². The van der Waals surface area contributed by atoms with E-state index in [0.29, 0.717) is 12.6 Å². The fourth-order valence-corrected chi connectivity index (χ4v) is 2.60. The van der Waals surface area contributed by atoms with Gasteiger partial charge in [-0.3, -0.25) is 0 Å². The molecule has 0 saturated carbocycles. The van der Waals surface area contributed by atoms with E-state index in [2.05, 4.69) is 39.3 Å². The van der Waals surface area contributed by atoms with E-state index in [1.54, 1.807) is 0 Å². The zero-order valence-corrected chi connectivity index (χ0v) is 12.4. The summed E-state index contributed by atoms with van der Waals surface area (Å²) in [7, 11) is 0. The Kier molecular flexibility index (Phi) is 4.07. The lowest BCUT2D eigenvalue weighted by atomic mass is 10.2. The number of para-hydroxylation sites is 1. The van der Waals surface area contributed by atoms with E-state index in [1.165, 1.54) is 0 Å². The summed E-state index contributed by atoms with van der Waals surface area (Å²) in [6.45, 7) is 6.78. The third kappa shape index (κ3) is 2.75. The molecule has 0 atom stereocenters. The molecule has 96 valence electrons. The van der Waals surface area contributed by atoms with Crippen molar-refractivity contribution >= 4 is 15.9 Å². The van der Waals surface area contributed by atoms with Gasteiger partial charge in [-0.05, 0) is 48.3 Å². The second-order valence-electron chi connectivity index (χ2n) is 4.52. The summed E-state index contributed by atoms with van der Waals surface area (Å²) in [4.78, 5) is 4.37. The van der Waals surface area contributed by atoms with E-state index in [4.69, 9.17) is 4.74 Å². The molecule has 4 heteroatoms. The monoisotopic (exact) mass is 308 g/mol. The second kappa shape index (κ2) is 5.57. The summed E-state index contributed by atoms with van der Waals surface area (Å²) in [5.74, 6) is 1.84. The summed E-state index contributed by atoms with van der Waals surface area (Å²) in [5.41, 5.74) is 1.14. The van der Waals surface area contributed by atoms with Crippen LogP contribution in [-0.2, 0) is 6.61 Å². The van der Waals surface area contributed by atoms with Gasteiger partial charge in [0.1, 0.15) is 22.8 Å². The number of nitrogens with zero attached hydrogens (tertiary/aromatic N) is 2. The Balaban J connectivity index is 2.14. The first kappa shape index (κ1) is 13.1. The van der Waals surface area contributed by atoms with E-state index >= 15 is 0 Å². The first-order chi connectivity index (χ1) is 8.59. The first-order valence-corrected chi connectivity index (χ1v) is 6.79. The molecule has 0 aliphatic heterocycles. The molecule has 18 heavy (non-hydrogen) atoms. The van der Waals surface area contributed by atoms with Crippen molar-refractivity contribution in [2.24, 2.45) is 0 Å². The average Bonchev–Trinajstić information content (AvgIpc) is 2.69. The molecule has 0 fully saturated rings. The summed E-state index contributed by atoms with van der Waals surface area (Å²) < 4.78 is 8.93. The number of imidazole rings is 1. The fourth-order valence-electron chi connectivity index (χ4n) is 1.89. The molecule has 3 nitrogen and oxygen atoms in total. The number of halogens is 1. The highest BCUT2D eigenvalue weighted by molar-refractivity contribution is 9.10. The Hall–Kier alpha value is -1.29. The van der Waals surface area contributed by atoms with Crippen LogP contribution in [0.3, 0.4) is 0 Å². The summed E-state index contributed by atoms with van der Waals surface area (Å²) in [6, 6.07) is 8.37. The van der Waals surface area contributed by atoms with Gasteiger partial charge in [-0.1, -0.05) is 18.2 Å². The third-order valence-corrected chi connectivity index (χ3v) is 3.38. The Bertz CT molecular complexity index is 534. The van der Waals surface area contributed by atoms with Gasteiger partial charge in [0.25, 0.3) is 0 Å². The predicted molar refractivity (Wildman–Crippen MR) is 75.8 cm³/mol. The van der Waals surface area contributed by atoms with Crippen LogP contribution >= 0.6 is 15.9 Å². The molecule has 0 aliphatic carbocycles. The van der Waals surface area contributed by atoms with E-state index < -0.39 is 0 Å². The maximum atomic E-state index is 5.82. The van der Waals surface area contributed by atoms with Crippen molar-refractivity contribution in [3.05, 3.63) is 46.5 Å². The van der Waals surface area contributed by atoms with Gasteiger partial charge in [0.2, 0.25) is 0 Å². The Morgan fingerprint density at radius 1 is 1.33 bits per heavy atom. The normalized spacial score (nSPS) is 10.9. The number of hydrogen-bond donors (Lipinski definition) is 0. The highest BCUT2D eigenvalue weighted by Gasteiger charge is 2.11. The van der Waals surface area contributed by atoms with E-state index in [-0.39, 0.29) is 0 Å². The largest absolute Gasteiger partial charge is 0.485 e. The molecule has 0 bridgehead atoms. The van der Waals surface area contributed by atoms with Crippen molar-refractivity contribution in [3.63, 3.8) is 0 Å². The first-order valence-electron chi connectivity index (χ1n) is 5.99. The number of ether oxygens (including phenoxy) is 1. The molecular formula is C14H17BrN2O. The molecule has 0 saturated heterocycles. The Labute approximate surface area is 116 Å². The van der Waals surface area contributed by atoms with Gasteiger partial charge in [0, 0.05) is 6.04 Å². The second-order valence-corrected chi connectivity index (χ2v) is 5.33. The van der Waals surface area contributed by atoms with Crippen molar-refractivity contribution in [3.8, 4) is 5.75 Å².